The van der Waals surface area contributed by atoms with Crippen molar-refractivity contribution in [2.45, 2.75) is 17.7 Å². The van der Waals surface area contributed by atoms with Crippen LogP contribution in [0.1, 0.15) is 12.8 Å². The highest BCUT2D eigenvalue weighted by Crippen LogP contribution is 2.28. The number of anilines is 1. The Bertz CT molecular complexity index is 750. The number of benzene rings is 1. The largest absolute Gasteiger partial charge is 0.306 e. The van der Waals surface area contributed by atoms with Crippen molar-refractivity contribution in [3.8, 4) is 0 Å². The monoisotopic (exact) mass is 355 g/mol. The molecule has 10 heteroatoms. The number of hydrogen-bond donors (Lipinski definition) is 1. The highest BCUT2D eigenvalue weighted by atomic mass is 32.2. The van der Waals surface area contributed by atoms with Crippen molar-refractivity contribution < 1.29 is 13.3 Å². The third-order valence-electron chi connectivity index (χ3n) is 3.83. The average Bonchev–Trinajstić information content (AvgIpc) is 2.53. The smallest absolute Gasteiger partial charge is 0.270 e. The van der Waals surface area contributed by atoms with Crippen LogP contribution in [0.15, 0.2) is 28.2 Å². The van der Waals surface area contributed by atoms with Gasteiger partial charge in [0.05, 0.1) is 10.6 Å². The average molecular weight is 355 g/mol. The number of nitro benzene ring substituents is 1. The van der Waals surface area contributed by atoms with Gasteiger partial charge in [0.1, 0.15) is 4.90 Å². The number of hydrazone groups is 1. The van der Waals surface area contributed by atoms with Crippen LogP contribution in [0.5, 0.6) is 0 Å². The summed E-state index contributed by atoms with van der Waals surface area (Å²) in [7, 11) is 0.945. The summed E-state index contributed by atoms with van der Waals surface area (Å²) in [6, 6.07) is 3.67. The van der Waals surface area contributed by atoms with Crippen LogP contribution in [0, 0.1) is 10.1 Å². The molecule has 0 amide bonds. The van der Waals surface area contributed by atoms with Crippen LogP contribution in [0.25, 0.3) is 0 Å². The first-order chi connectivity index (χ1) is 11.2. The van der Waals surface area contributed by atoms with Gasteiger partial charge in [0.15, 0.2) is 0 Å². The predicted molar refractivity (Wildman–Crippen MR) is 91.8 cm³/mol. The molecule has 1 aromatic carbocycles. The summed E-state index contributed by atoms with van der Waals surface area (Å²) in [6.07, 6.45) is 1.60. The Morgan fingerprint density at radius 1 is 1.29 bits per heavy atom. The molecule has 9 nitrogen and oxygen atoms in total. The van der Waals surface area contributed by atoms with E-state index in [-0.39, 0.29) is 16.3 Å². The number of rotatable bonds is 5. The second-order valence-corrected chi connectivity index (χ2v) is 7.94. The van der Waals surface area contributed by atoms with Gasteiger partial charge in [-0.1, -0.05) is 0 Å². The van der Waals surface area contributed by atoms with E-state index in [4.69, 9.17) is 0 Å². The lowest BCUT2D eigenvalue weighted by Gasteiger charge is -2.23. The molecule has 2 rings (SSSR count). The van der Waals surface area contributed by atoms with Crippen LogP contribution >= 0.6 is 0 Å². The van der Waals surface area contributed by atoms with E-state index in [1.807, 2.05) is 7.05 Å². The summed E-state index contributed by atoms with van der Waals surface area (Å²) in [5.74, 6) is 0. The Morgan fingerprint density at radius 2 is 1.92 bits per heavy atom. The summed E-state index contributed by atoms with van der Waals surface area (Å²) in [5.41, 5.74) is 3.65. The molecule has 1 aliphatic rings. The normalized spacial score (nSPS) is 16.2. The molecule has 132 valence electrons. The molecular formula is C14H21N5O4S. The lowest BCUT2D eigenvalue weighted by atomic mass is 10.1. The minimum atomic E-state index is -3.84. The summed E-state index contributed by atoms with van der Waals surface area (Å²) in [5, 5.41) is 15.2. The molecule has 0 aromatic heterocycles. The highest BCUT2D eigenvalue weighted by Gasteiger charge is 2.24. The van der Waals surface area contributed by atoms with E-state index in [0.717, 1.165) is 42.0 Å². The number of nitrogens with zero attached hydrogens (tertiary/aromatic N) is 4. The third kappa shape index (κ3) is 4.08. The third-order valence-corrected chi connectivity index (χ3v) is 5.69. The van der Waals surface area contributed by atoms with Crippen LogP contribution in [0.2, 0.25) is 0 Å². The first kappa shape index (κ1) is 18.3. The first-order valence-electron chi connectivity index (χ1n) is 7.43. The van der Waals surface area contributed by atoms with Crippen LogP contribution in [-0.4, -0.2) is 62.5 Å². The van der Waals surface area contributed by atoms with Crippen molar-refractivity contribution in [2.75, 3.05) is 39.7 Å². The zero-order chi connectivity index (χ0) is 17.9. The molecular weight excluding hydrogens is 334 g/mol. The van der Waals surface area contributed by atoms with Gasteiger partial charge in [0.25, 0.3) is 5.69 Å². The van der Waals surface area contributed by atoms with Gasteiger partial charge in [-0.05, 0) is 13.1 Å². The van der Waals surface area contributed by atoms with Crippen molar-refractivity contribution in [3.63, 3.8) is 0 Å². The standard InChI is InChI=1S/C14H21N5O4S/c1-17(2)24(22,23)14-10-12(19(20)21)4-5-13(14)16-15-11-6-8-18(3)9-7-11/h4-5,10,16H,6-9H2,1-3H3. The minimum absolute atomic E-state index is 0.168. The number of hydrogen-bond acceptors (Lipinski definition) is 7. The predicted octanol–water partition coefficient (Wildman–Crippen LogP) is 1.34. The van der Waals surface area contributed by atoms with Gasteiger partial charge >= 0.3 is 0 Å². The molecule has 1 heterocycles. The van der Waals surface area contributed by atoms with Crippen molar-refractivity contribution in [1.82, 2.24) is 9.21 Å². The minimum Gasteiger partial charge on any atom is -0.306 e. The molecule has 0 saturated carbocycles. The van der Waals surface area contributed by atoms with Crippen LogP contribution in [0.4, 0.5) is 11.4 Å². The fourth-order valence-corrected chi connectivity index (χ4v) is 3.31. The van der Waals surface area contributed by atoms with Crippen LogP contribution in [-0.2, 0) is 10.0 Å². The Hall–Kier alpha value is -2.04. The highest BCUT2D eigenvalue weighted by molar-refractivity contribution is 7.89. The van der Waals surface area contributed by atoms with Gasteiger partial charge in [-0.2, -0.15) is 5.10 Å². The van der Waals surface area contributed by atoms with Crippen molar-refractivity contribution in [1.29, 1.82) is 0 Å². The Balaban J connectivity index is 2.35. The SMILES string of the molecule is CN1CCC(=NNc2ccc([N+](=O)[O-])cc2S(=O)(=O)N(C)C)CC1. The van der Waals surface area contributed by atoms with E-state index in [1.165, 1.54) is 26.2 Å². The van der Waals surface area contributed by atoms with Gasteiger partial charge in [-0.3, -0.25) is 15.5 Å². The maximum Gasteiger partial charge on any atom is 0.270 e. The summed E-state index contributed by atoms with van der Waals surface area (Å²) >= 11 is 0. The van der Waals surface area contributed by atoms with Crippen molar-refractivity contribution in [2.24, 2.45) is 5.10 Å². The molecule has 0 aliphatic carbocycles. The van der Waals surface area contributed by atoms with Crippen LogP contribution < -0.4 is 5.43 Å². The molecule has 24 heavy (non-hydrogen) atoms. The zero-order valence-electron chi connectivity index (χ0n) is 13.9. The Morgan fingerprint density at radius 3 is 2.46 bits per heavy atom. The fourth-order valence-electron chi connectivity index (χ4n) is 2.25. The Labute approximate surface area is 141 Å². The fraction of sp³-hybridized carbons (Fsp3) is 0.500. The first-order valence-corrected chi connectivity index (χ1v) is 8.87. The molecule has 0 unspecified atom stereocenters. The van der Waals surface area contributed by atoms with E-state index < -0.39 is 14.9 Å². The topological polar surface area (TPSA) is 108 Å². The van der Waals surface area contributed by atoms with E-state index in [9.17, 15) is 18.5 Å². The maximum atomic E-state index is 12.4. The van der Waals surface area contributed by atoms with E-state index >= 15 is 0 Å². The molecule has 1 fully saturated rings. The van der Waals surface area contributed by atoms with Crippen molar-refractivity contribution >= 4 is 27.1 Å². The number of sulfonamides is 1. The zero-order valence-corrected chi connectivity index (χ0v) is 14.7. The van der Waals surface area contributed by atoms with E-state index in [2.05, 4.69) is 15.4 Å². The maximum absolute atomic E-state index is 12.4. The van der Waals surface area contributed by atoms with Gasteiger partial charge in [-0.15, -0.1) is 0 Å². The number of nitro groups is 1. The lowest BCUT2D eigenvalue weighted by molar-refractivity contribution is -0.385. The quantitative estimate of drug-likeness (QED) is 0.631. The summed E-state index contributed by atoms with van der Waals surface area (Å²) < 4.78 is 25.9. The second kappa shape index (κ2) is 7.24. The molecule has 1 N–H and O–H groups in total. The summed E-state index contributed by atoms with van der Waals surface area (Å²) in [6.45, 7) is 1.78. The van der Waals surface area contributed by atoms with Gasteiger partial charge in [-0.25, -0.2) is 12.7 Å². The number of likely N-dealkylation sites (tertiary alicyclic amines) is 1. The van der Waals surface area contributed by atoms with E-state index in [0.29, 0.717) is 0 Å². The molecule has 0 spiro atoms. The number of non-ortho nitro benzene ring substituents is 1. The molecule has 1 aliphatic heterocycles. The molecule has 0 bridgehead atoms. The second-order valence-electron chi connectivity index (χ2n) is 5.82. The van der Waals surface area contributed by atoms with Gasteiger partial charge < -0.3 is 4.90 Å². The lowest BCUT2D eigenvalue weighted by Crippen LogP contribution is -2.30. The van der Waals surface area contributed by atoms with Crippen molar-refractivity contribution in [3.05, 3.63) is 28.3 Å². The van der Waals surface area contributed by atoms with Gasteiger partial charge in [0, 0.05) is 57.9 Å². The van der Waals surface area contributed by atoms with Crippen LogP contribution in [0.3, 0.4) is 0 Å². The molecule has 0 atom stereocenters. The van der Waals surface area contributed by atoms with Gasteiger partial charge in [0.2, 0.25) is 10.0 Å². The molecule has 0 radical (unpaired) electrons. The Kier molecular flexibility index (Phi) is 5.52. The molecule has 1 aromatic rings. The number of piperidine rings is 1. The molecule has 1 saturated heterocycles. The number of nitrogens with one attached hydrogen (secondary N) is 1. The van der Waals surface area contributed by atoms with E-state index in [1.54, 1.807) is 0 Å². The summed E-state index contributed by atoms with van der Waals surface area (Å²) in [4.78, 5) is 12.3.